The number of nitrogens with zero attached hydrogens (tertiary/aromatic N) is 1. The number of carbonyl (C=O) groups excluding carboxylic acids is 2. The molecule has 7 nitrogen and oxygen atoms in total. The fourth-order valence-corrected chi connectivity index (χ4v) is 4.13. The molecular weight excluding hydrogens is 442 g/mol. The highest BCUT2D eigenvalue weighted by molar-refractivity contribution is 8.18. The average molecular weight is 468 g/mol. The van der Waals surface area contributed by atoms with Crippen LogP contribution in [0.5, 0.6) is 11.5 Å². The topological polar surface area (TPSA) is 94.4 Å². The third-order valence-corrected chi connectivity index (χ3v) is 5.75. The van der Waals surface area contributed by atoms with E-state index in [-0.39, 0.29) is 23.0 Å². The number of amides is 1. The monoisotopic (exact) mass is 467 g/mol. The predicted octanol–water partition coefficient (Wildman–Crippen LogP) is 5.10. The summed E-state index contributed by atoms with van der Waals surface area (Å²) in [6, 6.07) is 12.1. The summed E-state index contributed by atoms with van der Waals surface area (Å²) < 4.78 is 16.1. The molecule has 0 unspecified atom stereocenters. The lowest BCUT2D eigenvalue weighted by Crippen LogP contribution is -2.14. The summed E-state index contributed by atoms with van der Waals surface area (Å²) in [6.07, 6.45) is 1.71. The quantitative estimate of drug-likeness (QED) is 0.566. The SMILES string of the molecule is CCOC(=O)C1=C(O)/C(=C/c2cc(OCC)c(OC)cc2C)SC1=NC(=O)c1ccccc1. The van der Waals surface area contributed by atoms with Crippen molar-refractivity contribution < 1.29 is 28.9 Å². The summed E-state index contributed by atoms with van der Waals surface area (Å²) in [6.45, 7) is 6.01. The number of hydrogen-bond acceptors (Lipinski definition) is 7. The second-order valence-corrected chi connectivity index (χ2v) is 7.97. The zero-order valence-corrected chi connectivity index (χ0v) is 19.7. The number of methoxy groups -OCH3 is 1. The van der Waals surface area contributed by atoms with Gasteiger partial charge in [0.25, 0.3) is 5.91 Å². The first-order valence-electron chi connectivity index (χ1n) is 10.4. The van der Waals surface area contributed by atoms with Crippen LogP contribution in [0.2, 0.25) is 0 Å². The van der Waals surface area contributed by atoms with Crippen LogP contribution in [0.1, 0.15) is 35.3 Å². The van der Waals surface area contributed by atoms with Crippen molar-refractivity contribution in [3.8, 4) is 11.5 Å². The van der Waals surface area contributed by atoms with E-state index in [0.29, 0.717) is 28.6 Å². The van der Waals surface area contributed by atoms with Crippen molar-refractivity contribution in [3.63, 3.8) is 0 Å². The number of aliphatic hydroxyl groups excluding tert-OH is 1. The van der Waals surface area contributed by atoms with Crippen LogP contribution >= 0.6 is 11.8 Å². The number of hydrogen-bond donors (Lipinski definition) is 1. The standard InChI is InChI=1S/C25H25NO6S/c1-5-31-19-13-17(15(3)12-18(19)30-4)14-20-22(27)21(25(29)32-6-2)24(33-20)26-23(28)16-10-8-7-9-11-16/h7-14,27H,5-6H2,1-4H3/b20-14-,26-24?. The van der Waals surface area contributed by atoms with Gasteiger partial charge in [-0.25, -0.2) is 9.79 Å². The maximum absolute atomic E-state index is 12.6. The van der Waals surface area contributed by atoms with Crippen molar-refractivity contribution in [2.75, 3.05) is 20.3 Å². The van der Waals surface area contributed by atoms with E-state index in [1.165, 1.54) is 0 Å². The first-order valence-corrected chi connectivity index (χ1v) is 11.2. The molecule has 0 saturated carbocycles. The number of benzene rings is 2. The summed E-state index contributed by atoms with van der Waals surface area (Å²) in [5.74, 6) is -0.396. The van der Waals surface area contributed by atoms with Crippen molar-refractivity contribution in [2.24, 2.45) is 4.99 Å². The first kappa shape index (κ1) is 24.1. The number of aliphatic imine (C=N–C) groups is 1. The molecule has 1 N–H and O–H groups in total. The predicted molar refractivity (Wildman–Crippen MR) is 129 cm³/mol. The molecule has 33 heavy (non-hydrogen) atoms. The average Bonchev–Trinajstić information content (AvgIpc) is 3.11. The highest BCUT2D eigenvalue weighted by Gasteiger charge is 2.34. The Labute approximate surface area is 196 Å². The largest absolute Gasteiger partial charge is 0.506 e. The van der Waals surface area contributed by atoms with Crippen LogP contribution in [-0.2, 0) is 9.53 Å². The van der Waals surface area contributed by atoms with E-state index >= 15 is 0 Å². The Bertz CT molecular complexity index is 1150. The molecule has 0 aromatic heterocycles. The van der Waals surface area contributed by atoms with Gasteiger partial charge in [-0.15, -0.1) is 0 Å². The Morgan fingerprint density at radius 3 is 2.45 bits per heavy atom. The molecule has 3 rings (SSSR count). The van der Waals surface area contributed by atoms with Crippen LogP contribution in [0.4, 0.5) is 0 Å². The number of esters is 1. The van der Waals surface area contributed by atoms with Gasteiger partial charge < -0.3 is 19.3 Å². The van der Waals surface area contributed by atoms with Crippen LogP contribution < -0.4 is 9.47 Å². The molecule has 0 aliphatic carbocycles. The molecule has 2 aromatic carbocycles. The molecule has 0 fully saturated rings. The van der Waals surface area contributed by atoms with E-state index in [2.05, 4.69) is 4.99 Å². The Hall–Kier alpha value is -3.52. The summed E-state index contributed by atoms with van der Waals surface area (Å²) in [4.78, 5) is 29.7. The lowest BCUT2D eigenvalue weighted by atomic mass is 10.1. The fraction of sp³-hybridized carbons (Fsp3) is 0.240. The Balaban J connectivity index is 2.06. The molecular formula is C25H25NO6S. The summed E-state index contributed by atoms with van der Waals surface area (Å²) in [5, 5.41) is 11.0. The van der Waals surface area contributed by atoms with Crippen LogP contribution in [-0.4, -0.2) is 42.4 Å². The van der Waals surface area contributed by atoms with E-state index in [1.54, 1.807) is 56.5 Å². The van der Waals surface area contributed by atoms with Crippen molar-refractivity contribution in [1.82, 2.24) is 0 Å². The van der Waals surface area contributed by atoms with Gasteiger partial charge in [-0.05, 0) is 62.2 Å². The minimum atomic E-state index is -0.744. The van der Waals surface area contributed by atoms with E-state index in [1.807, 2.05) is 19.9 Å². The van der Waals surface area contributed by atoms with Gasteiger partial charge in [-0.3, -0.25) is 4.79 Å². The smallest absolute Gasteiger partial charge is 0.344 e. The van der Waals surface area contributed by atoms with Crippen molar-refractivity contribution in [1.29, 1.82) is 0 Å². The summed E-state index contributed by atoms with van der Waals surface area (Å²) in [7, 11) is 1.56. The molecule has 0 bridgehead atoms. The second-order valence-electron chi connectivity index (χ2n) is 6.94. The van der Waals surface area contributed by atoms with E-state index in [9.17, 15) is 14.7 Å². The maximum atomic E-state index is 12.6. The van der Waals surface area contributed by atoms with Crippen molar-refractivity contribution in [3.05, 3.63) is 75.4 Å². The number of aliphatic hydroxyl groups is 1. The van der Waals surface area contributed by atoms with Gasteiger partial charge >= 0.3 is 5.97 Å². The molecule has 0 saturated heterocycles. The van der Waals surface area contributed by atoms with E-state index < -0.39 is 11.9 Å². The van der Waals surface area contributed by atoms with Crippen molar-refractivity contribution in [2.45, 2.75) is 20.8 Å². The normalized spacial score (nSPS) is 15.8. The van der Waals surface area contributed by atoms with Gasteiger partial charge in [0.05, 0.1) is 25.2 Å². The summed E-state index contributed by atoms with van der Waals surface area (Å²) in [5.41, 5.74) is 1.87. The number of thioether (sulfide) groups is 1. The van der Waals surface area contributed by atoms with Gasteiger partial charge in [-0.2, -0.15) is 0 Å². The lowest BCUT2D eigenvalue weighted by Gasteiger charge is -2.12. The van der Waals surface area contributed by atoms with Crippen molar-refractivity contribution >= 4 is 34.8 Å². The van der Waals surface area contributed by atoms with Gasteiger partial charge in [0.1, 0.15) is 16.4 Å². The van der Waals surface area contributed by atoms with Gasteiger partial charge in [0.15, 0.2) is 11.5 Å². The van der Waals surface area contributed by atoms with Crippen LogP contribution in [0.3, 0.4) is 0 Å². The molecule has 172 valence electrons. The number of rotatable bonds is 7. The van der Waals surface area contributed by atoms with E-state index in [0.717, 1.165) is 22.9 Å². The lowest BCUT2D eigenvalue weighted by molar-refractivity contribution is -0.138. The number of carbonyl (C=O) groups is 2. The second kappa shape index (κ2) is 10.9. The zero-order chi connectivity index (χ0) is 24.0. The highest BCUT2D eigenvalue weighted by Crippen LogP contribution is 2.41. The van der Waals surface area contributed by atoms with Gasteiger partial charge in [-0.1, -0.05) is 30.0 Å². The molecule has 1 heterocycles. The molecule has 0 radical (unpaired) electrons. The molecule has 1 aliphatic heterocycles. The molecule has 1 amide bonds. The van der Waals surface area contributed by atoms with Crippen LogP contribution in [0.25, 0.3) is 6.08 Å². The number of aryl methyl sites for hydroxylation is 1. The Kier molecular flexibility index (Phi) is 7.95. The fourth-order valence-electron chi connectivity index (χ4n) is 3.13. The van der Waals surface area contributed by atoms with E-state index in [4.69, 9.17) is 14.2 Å². The molecule has 0 atom stereocenters. The molecule has 2 aromatic rings. The molecule has 8 heteroatoms. The van der Waals surface area contributed by atoms with Gasteiger partial charge in [0, 0.05) is 5.56 Å². The molecule has 0 spiro atoms. The Morgan fingerprint density at radius 1 is 1.09 bits per heavy atom. The maximum Gasteiger partial charge on any atom is 0.344 e. The number of ether oxygens (including phenoxy) is 3. The zero-order valence-electron chi connectivity index (χ0n) is 18.9. The first-order chi connectivity index (χ1) is 15.9. The minimum absolute atomic E-state index is 0.0854. The highest BCUT2D eigenvalue weighted by atomic mass is 32.2. The van der Waals surface area contributed by atoms with Gasteiger partial charge in [0.2, 0.25) is 0 Å². The minimum Gasteiger partial charge on any atom is -0.506 e. The third-order valence-electron chi connectivity index (χ3n) is 4.73. The summed E-state index contributed by atoms with van der Waals surface area (Å²) >= 11 is 1.03. The molecule has 1 aliphatic rings. The Morgan fingerprint density at radius 2 is 1.82 bits per heavy atom. The third kappa shape index (κ3) is 5.46. The van der Waals surface area contributed by atoms with Crippen LogP contribution in [0.15, 0.2) is 63.7 Å². The van der Waals surface area contributed by atoms with Crippen LogP contribution in [0, 0.1) is 6.92 Å².